The molecule has 3 rings (SSSR count). The summed E-state index contributed by atoms with van der Waals surface area (Å²) in [4.78, 5) is 16.6. The Bertz CT molecular complexity index is 942. The van der Waals surface area contributed by atoms with Gasteiger partial charge in [0, 0.05) is 16.1 Å². The van der Waals surface area contributed by atoms with Crippen LogP contribution < -0.4 is 10.5 Å². The van der Waals surface area contributed by atoms with Crippen LogP contribution in [0.25, 0.3) is 11.3 Å². The van der Waals surface area contributed by atoms with Gasteiger partial charge in [-0.05, 0) is 36.4 Å². The molecule has 0 aliphatic carbocycles. The van der Waals surface area contributed by atoms with E-state index in [-0.39, 0.29) is 10.6 Å². The highest BCUT2D eigenvalue weighted by Crippen LogP contribution is 2.32. The predicted molar refractivity (Wildman–Crippen MR) is 98.7 cm³/mol. The molecule has 0 aliphatic rings. The Labute approximate surface area is 155 Å². The topological polar surface area (TPSA) is 65.2 Å². The van der Waals surface area contributed by atoms with E-state index in [0.717, 1.165) is 5.56 Å². The Kier molecular flexibility index (Phi) is 5.19. The lowest BCUT2D eigenvalue weighted by molar-refractivity contribution is -0.118. The molecule has 3 aromatic rings. The Morgan fingerprint density at radius 1 is 1.15 bits per heavy atom. The van der Waals surface area contributed by atoms with E-state index in [1.165, 1.54) is 18.2 Å². The molecule has 1 amide bonds. The molecule has 132 valence electrons. The summed E-state index contributed by atoms with van der Waals surface area (Å²) in [6.07, 6.45) is 0. The van der Waals surface area contributed by atoms with Gasteiger partial charge in [0.05, 0.1) is 18.5 Å². The lowest BCUT2D eigenvalue weighted by Gasteiger charge is -2.16. The highest BCUT2D eigenvalue weighted by atomic mass is 35.5. The van der Waals surface area contributed by atoms with E-state index in [1.54, 1.807) is 25.3 Å². The molecule has 2 aromatic carbocycles. The zero-order valence-corrected chi connectivity index (χ0v) is 14.7. The summed E-state index contributed by atoms with van der Waals surface area (Å²) in [7, 11) is 1.58. The third kappa shape index (κ3) is 3.53. The first-order chi connectivity index (χ1) is 12.5. The number of rotatable bonds is 5. The summed E-state index contributed by atoms with van der Waals surface area (Å²) < 4.78 is 19.6. The van der Waals surface area contributed by atoms with Gasteiger partial charge in [0.25, 0.3) is 0 Å². The molecular weight excluding hydrogens is 355 g/mol. The minimum Gasteiger partial charge on any atom is -0.497 e. The van der Waals surface area contributed by atoms with E-state index in [9.17, 15) is 9.18 Å². The largest absolute Gasteiger partial charge is 0.497 e. The van der Waals surface area contributed by atoms with Crippen LogP contribution >= 0.6 is 11.6 Å². The summed E-state index contributed by atoms with van der Waals surface area (Å²) in [5, 5.41) is 0.127. The molecule has 1 aromatic heterocycles. The van der Waals surface area contributed by atoms with Gasteiger partial charge in [-0.1, -0.05) is 35.9 Å². The predicted octanol–water partition coefficient (Wildman–Crippen LogP) is 4.17. The molecule has 4 nitrogen and oxygen atoms in total. The van der Waals surface area contributed by atoms with Gasteiger partial charge >= 0.3 is 0 Å². The third-order valence-corrected chi connectivity index (χ3v) is 4.33. The number of amides is 1. The summed E-state index contributed by atoms with van der Waals surface area (Å²) in [6, 6.07) is 16.7. The maximum Gasteiger partial charge on any atom is 0.231 e. The zero-order valence-electron chi connectivity index (χ0n) is 13.9. The number of nitrogens with two attached hydrogens (primary N) is 1. The van der Waals surface area contributed by atoms with E-state index < -0.39 is 17.6 Å². The standard InChI is InChI=1S/C20H16ClFN2O2/c1-26-13-6-2-5-12(11-13)16-9-4-10-17(24-16)19(20(23)25)18-14(21)7-3-8-15(18)22/h2-11,19H,1H3,(H2,23,25). The fourth-order valence-corrected chi connectivity index (χ4v) is 3.05. The molecular formula is C20H16ClFN2O2. The van der Waals surface area contributed by atoms with Gasteiger partial charge in [0.15, 0.2) is 0 Å². The van der Waals surface area contributed by atoms with Gasteiger partial charge in [-0.3, -0.25) is 9.78 Å². The molecule has 6 heteroatoms. The van der Waals surface area contributed by atoms with Crippen LogP contribution in [0.5, 0.6) is 5.75 Å². The van der Waals surface area contributed by atoms with Crippen LogP contribution in [0.15, 0.2) is 60.7 Å². The minimum atomic E-state index is -1.09. The Morgan fingerprint density at radius 3 is 2.58 bits per heavy atom. The molecule has 0 fully saturated rings. The number of carbonyl (C=O) groups is 1. The van der Waals surface area contributed by atoms with Gasteiger partial charge in [-0.2, -0.15) is 0 Å². The average molecular weight is 371 g/mol. The number of hydrogen-bond donors (Lipinski definition) is 1. The van der Waals surface area contributed by atoms with Crippen LogP contribution in [0, 0.1) is 5.82 Å². The Hall–Kier alpha value is -2.92. The number of hydrogen-bond acceptors (Lipinski definition) is 3. The Balaban J connectivity index is 2.11. The Morgan fingerprint density at radius 2 is 1.88 bits per heavy atom. The van der Waals surface area contributed by atoms with Crippen LogP contribution in [0.3, 0.4) is 0 Å². The fraction of sp³-hybridized carbons (Fsp3) is 0.100. The van der Waals surface area contributed by atoms with E-state index in [0.29, 0.717) is 17.1 Å². The molecule has 1 atom stereocenters. The molecule has 0 saturated carbocycles. The number of methoxy groups -OCH3 is 1. The number of nitrogens with zero attached hydrogens (tertiary/aromatic N) is 1. The van der Waals surface area contributed by atoms with Gasteiger partial charge in [-0.15, -0.1) is 0 Å². The molecule has 2 N–H and O–H groups in total. The number of aromatic nitrogens is 1. The molecule has 0 aliphatic heterocycles. The van der Waals surface area contributed by atoms with Crippen molar-refractivity contribution in [2.75, 3.05) is 7.11 Å². The maximum absolute atomic E-state index is 14.3. The van der Waals surface area contributed by atoms with E-state index in [4.69, 9.17) is 22.1 Å². The van der Waals surface area contributed by atoms with Gasteiger partial charge in [-0.25, -0.2) is 4.39 Å². The average Bonchev–Trinajstić information content (AvgIpc) is 2.64. The maximum atomic E-state index is 14.3. The lowest BCUT2D eigenvalue weighted by Crippen LogP contribution is -2.24. The second kappa shape index (κ2) is 7.54. The highest BCUT2D eigenvalue weighted by Gasteiger charge is 2.27. The van der Waals surface area contributed by atoms with E-state index in [2.05, 4.69) is 4.98 Å². The van der Waals surface area contributed by atoms with Crippen molar-refractivity contribution in [2.45, 2.75) is 5.92 Å². The van der Waals surface area contributed by atoms with Gasteiger partial charge < -0.3 is 10.5 Å². The smallest absolute Gasteiger partial charge is 0.231 e. The summed E-state index contributed by atoms with van der Waals surface area (Å²) >= 11 is 6.12. The first-order valence-electron chi connectivity index (χ1n) is 7.86. The summed E-state index contributed by atoms with van der Waals surface area (Å²) in [5.74, 6) is -1.74. The zero-order chi connectivity index (χ0) is 18.7. The molecule has 0 radical (unpaired) electrons. The third-order valence-electron chi connectivity index (χ3n) is 4.00. The normalized spacial score (nSPS) is 11.8. The van der Waals surface area contributed by atoms with E-state index >= 15 is 0 Å². The van der Waals surface area contributed by atoms with Crippen molar-refractivity contribution in [1.82, 2.24) is 4.98 Å². The quantitative estimate of drug-likeness (QED) is 0.733. The molecule has 0 saturated heterocycles. The van der Waals surface area contributed by atoms with Crippen molar-refractivity contribution in [1.29, 1.82) is 0 Å². The van der Waals surface area contributed by atoms with Crippen LogP contribution in [-0.2, 0) is 4.79 Å². The second-order valence-electron chi connectivity index (χ2n) is 5.65. The molecule has 1 heterocycles. The number of pyridine rings is 1. The molecule has 0 bridgehead atoms. The van der Waals surface area contributed by atoms with Crippen molar-refractivity contribution in [3.05, 3.63) is 82.8 Å². The van der Waals surface area contributed by atoms with Crippen molar-refractivity contribution in [2.24, 2.45) is 5.73 Å². The second-order valence-corrected chi connectivity index (χ2v) is 6.06. The molecule has 1 unspecified atom stereocenters. The van der Waals surface area contributed by atoms with E-state index in [1.807, 2.05) is 24.3 Å². The summed E-state index contributed by atoms with van der Waals surface area (Å²) in [5.41, 5.74) is 7.31. The molecule has 0 spiro atoms. The number of carbonyl (C=O) groups excluding carboxylic acids is 1. The SMILES string of the molecule is COc1cccc(-c2cccc(C(C(N)=O)c3c(F)cccc3Cl)n2)c1. The van der Waals surface area contributed by atoms with Crippen LogP contribution in [0.2, 0.25) is 5.02 Å². The van der Waals surface area contributed by atoms with Gasteiger partial charge in [0.1, 0.15) is 17.5 Å². The first kappa shape index (κ1) is 17.9. The van der Waals surface area contributed by atoms with Gasteiger partial charge in [0.2, 0.25) is 5.91 Å². The van der Waals surface area contributed by atoms with Crippen molar-refractivity contribution < 1.29 is 13.9 Å². The molecule has 26 heavy (non-hydrogen) atoms. The lowest BCUT2D eigenvalue weighted by atomic mass is 9.93. The number of primary amides is 1. The monoisotopic (exact) mass is 370 g/mol. The van der Waals surface area contributed by atoms with Crippen LogP contribution in [0.1, 0.15) is 17.2 Å². The highest BCUT2D eigenvalue weighted by molar-refractivity contribution is 6.31. The fourth-order valence-electron chi connectivity index (χ4n) is 2.78. The first-order valence-corrected chi connectivity index (χ1v) is 8.23. The van der Waals surface area contributed by atoms with Crippen molar-refractivity contribution in [3.8, 4) is 17.0 Å². The van der Waals surface area contributed by atoms with Crippen LogP contribution in [-0.4, -0.2) is 18.0 Å². The number of ether oxygens (including phenoxy) is 1. The van der Waals surface area contributed by atoms with Crippen LogP contribution in [0.4, 0.5) is 4.39 Å². The number of halogens is 2. The number of benzene rings is 2. The van der Waals surface area contributed by atoms with Crippen molar-refractivity contribution >= 4 is 17.5 Å². The summed E-state index contributed by atoms with van der Waals surface area (Å²) in [6.45, 7) is 0. The van der Waals surface area contributed by atoms with Crippen molar-refractivity contribution in [3.63, 3.8) is 0 Å². The minimum absolute atomic E-state index is 0.0250.